The number of halogens is 1. The standard InChI is InChI=1S/C13H15BrN4O/c1-8-7-16-13(15-2)18-12(8)17-9-4-5-11(19-3)10(14)6-9/h4-7H,1-3H3,(H2,15,16,17,18). The molecule has 19 heavy (non-hydrogen) atoms. The number of hydrogen-bond donors (Lipinski definition) is 2. The lowest BCUT2D eigenvalue weighted by molar-refractivity contribution is 0.412. The lowest BCUT2D eigenvalue weighted by Gasteiger charge is -2.11. The summed E-state index contributed by atoms with van der Waals surface area (Å²) >= 11 is 3.46. The number of rotatable bonds is 4. The zero-order valence-corrected chi connectivity index (χ0v) is 12.6. The number of benzene rings is 1. The van der Waals surface area contributed by atoms with Crippen molar-refractivity contribution < 1.29 is 4.74 Å². The van der Waals surface area contributed by atoms with E-state index in [1.807, 2.05) is 25.1 Å². The van der Waals surface area contributed by atoms with E-state index in [4.69, 9.17) is 4.74 Å². The molecule has 1 aromatic heterocycles. The van der Waals surface area contributed by atoms with Crippen LogP contribution < -0.4 is 15.4 Å². The lowest BCUT2D eigenvalue weighted by atomic mass is 10.3. The zero-order chi connectivity index (χ0) is 13.8. The molecule has 0 saturated carbocycles. The molecule has 0 atom stereocenters. The molecule has 0 bridgehead atoms. The van der Waals surface area contributed by atoms with Gasteiger partial charge in [-0.05, 0) is 41.1 Å². The van der Waals surface area contributed by atoms with Crippen molar-refractivity contribution in [1.82, 2.24) is 9.97 Å². The van der Waals surface area contributed by atoms with Crippen LogP contribution in [0.5, 0.6) is 5.75 Å². The average Bonchev–Trinajstić information content (AvgIpc) is 2.41. The number of aryl methyl sites for hydroxylation is 1. The minimum Gasteiger partial charge on any atom is -0.496 e. The summed E-state index contributed by atoms with van der Waals surface area (Å²) < 4.78 is 6.09. The molecule has 100 valence electrons. The van der Waals surface area contributed by atoms with Crippen molar-refractivity contribution in [3.05, 3.63) is 34.4 Å². The number of ether oxygens (including phenoxy) is 1. The fourth-order valence-corrected chi connectivity index (χ4v) is 2.11. The number of hydrogen-bond acceptors (Lipinski definition) is 5. The molecule has 6 heteroatoms. The molecule has 0 spiro atoms. The second-order valence-corrected chi connectivity index (χ2v) is 4.80. The van der Waals surface area contributed by atoms with Gasteiger partial charge in [0.2, 0.25) is 5.95 Å². The Balaban J connectivity index is 2.28. The maximum Gasteiger partial charge on any atom is 0.224 e. The summed E-state index contributed by atoms with van der Waals surface area (Å²) in [7, 11) is 3.43. The molecule has 2 N–H and O–H groups in total. The first kappa shape index (κ1) is 13.6. The van der Waals surface area contributed by atoms with E-state index in [9.17, 15) is 0 Å². The van der Waals surface area contributed by atoms with E-state index in [0.29, 0.717) is 5.95 Å². The molecule has 0 fully saturated rings. The average molecular weight is 323 g/mol. The molecule has 1 aromatic carbocycles. The Morgan fingerprint density at radius 1 is 1.32 bits per heavy atom. The van der Waals surface area contributed by atoms with Gasteiger partial charge in [0.1, 0.15) is 11.6 Å². The fourth-order valence-electron chi connectivity index (χ4n) is 1.57. The molecule has 1 heterocycles. The Bertz CT molecular complexity index is 589. The highest BCUT2D eigenvalue weighted by Crippen LogP contribution is 2.29. The molecule has 0 radical (unpaired) electrons. The fraction of sp³-hybridized carbons (Fsp3) is 0.231. The smallest absolute Gasteiger partial charge is 0.224 e. The van der Waals surface area contributed by atoms with Crippen LogP contribution in [0.2, 0.25) is 0 Å². The largest absolute Gasteiger partial charge is 0.496 e. The van der Waals surface area contributed by atoms with Gasteiger partial charge in [0.05, 0.1) is 11.6 Å². The number of anilines is 3. The second-order valence-electron chi connectivity index (χ2n) is 3.95. The van der Waals surface area contributed by atoms with Crippen molar-refractivity contribution in [1.29, 1.82) is 0 Å². The number of nitrogens with zero attached hydrogens (tertiary/aromatic N) is 2. The van der Waals surface area contributed by atoms with Gasteiger partial charge in [0.25, 0.3) is 0 Å². The number of nitrogens with one attached hydrogen (secondary N) is 2. The summed E-state index contributed by atoms with van der Waals surface area (Å²) in [5, 5.41) is 6.18. The van der Waals surface area contributed by atoms with Gasteiger partial charge in [0.15, 0.2) is 0 Å². The number of aromatic nitrogens is 2. The third-order valence-electron chi connectivity index (χ3n) is 2.61. The summed E-state index contributed by atoms with van der Waals surface area (Å²) in [5.74, 6) is 2.15. The molecule has 2 rings (SSSR count). The Kier molecular flexibility index (Phi) is 4.21. The topological polar surface area (TPSA) is 59.1 Å². The molecule has 0 aliphatic rings. The van der Waals surface area contributed by atoms with Crippen molar-refractivity contribution in [2.45, 2.75) is 6.92 Å². The Labute approximate surface area is 120 Å². The van der Waals surface area contributed by atoms with Crippen molar-refractivity contribution in [3.63, 3.8) is 0 Å². The first-order chi connectivity index (χ1) is 9.13. The summed E-state index contributed by atoms with van der Waals surface area (Å²) in [6.07, 6.45) is 1.78. The van der Waals surface area contributed by atoms with E-state index < -0.39 is 0 Å². The van der Waals surface area contributed by atoms with Crippen LogP contribution in [0.25, 0.3) is 0 Å². The van der Waals surface area contributed by atoms with Crippen LogP contribution in [0, 0.1) is 6.92 Å². The van der Waals surface area contributed by atoms with Gasteiger partial charge in [-0.25, -0.2) is 4.98 Å². The molecule has 0 aliphatic heterocycles. The summed E-state index contributed by atoms with van der Waals surface area (Å²) in [6.45, 7) is 1.96. The van der Waals surface area contributed by atoms with E-state index in [2.05, 4.69) is 36.5 Å². The Hall–Kier alpha value is -1.82. The minimum atomic E-state index is 0.584. The van der Waals surface area contributed by atoms with E-state index >= 15 is 0 Å². The van der Waals surface area contributed by atoms with Gasteiger partial charge in [-0.3, -0.25) is 0 Å². The molecule has 5 nitrogen and oxygen atoms in total. The molecule has 0 amide bonds. The highest BCUT2D eigenvalue weighted by Gasteiger charge is 2.05. The maximum absolute atomic E-state index is 5.20. The summed E-state index contributed by atoms with van der Waals surface area (Å²) in [5.41, 5.74) is 1.91. The zero-order valence-electron chi connectivity index (χ0n) is 11.0. The van der Waals surface area contributed by atoms with Crippen molar-refractivity contribution >= 4 is 33.4 Å². The molecule has 0 unspecified atom stereocenters. The van der Waals surface area contributed by atoms with Gasteiger partial charge in [-0.15, -0.1) is 0 Å². The van der Waals surface area contributed by atoms with E-state index in [1.165, 1.54) is 0 Å². The van der Waals surface area contributed by atoms with Gasteiger partial charge in [-0.1, -0.05) is 0 Å². The van der Waals surface area contributed by atoms with Gasteiger partial charge in [-0.2, -0.15) is 4.98 Å². The Morgan fingerprint density at radius 3 is 2.74 bits per heavy atom. The maximum atomic E-state index is 5.20. The molecule has 0 aliphatic carbocycles. The first-order valence-electron chi connectivity index (χ1n) is 5.76. The van der Waals surface area contributed by atoms with Crippen LogP contribution in [0.4, 0.5) is 17.5 Å². The Morgan fingerprint density at radius 2 is 2.11 bits per heavy atom. The van der Waals surface area contributed by atoms with Crippen LogP contribution >= 0.6 is 15.9 Å². The molecular weight excluding hydrogens is 308 g/mol. The van der Waals surface area contributed by atoms with Gasteiger partial charge < -0.3 is 15.4 Å². The van der Waals surface area contributed by atoms with Crippen molar-refractivity contribution in [2.24, 2.45) is 0 Å². The molecular formula is C13H15BrN4O. The van der Waals surface area contributed by atoms with E-state index in [0.717, 1.165) is 27.3 Å². The van der Waals surface area contributed by atoms with Gasteiger partial charge in [0, 0.05) is 24.5 Å². The highest BCUT2D eigenvalue weighted by molar-refractivity contribution is 9.10. The predicted octanol–water partition coefficient (Wildman–Crippen LogP) is 3.34. The van der Waals surface area contributed by atoms with Crippen molar-refractivity contribution in [3.8, 4) is 5.75 Å². The van der Waals surface area contributed by atoms with Crippen molar-refractivity contribution in [2.75, 3.05) is 24.8 Å². The minimum absolute atomic E-state index is 0.584. The van der Waals surface area contributed by atoms with Crippen LogP contribution in [-0.4, -0.2) is 24.1 Å². The van der Waals surface area contributed by atoms with E-state index in [-0.39, 0.29) is 0 Å². The normalized spacial score (nSPS) is 10.1. The van der Waals surface area contributed by atoms with Gasteiger partial charge >= 0.3 is 0 Å². The van der Waals surface area contributed by atoms with Crippen LogP contribution in [-0.2, 0) is 0 Å². The summed E-state index contributed by atoms with van der Waals surface area (Å²) in [6, 6.07) is 5.77. The third-order valence-corrected chi connectivity index (χ3v) is 3.23. The summed E-state index contributed by atoms with van der Waals surface area (Å²) in [4.78, 5) is 8.53. The third kappa shape index (κ3) is 3.14. The van der Waals surface area contributed by atoms with Crippen LogP contribution in [0.15, 0.2) is 28.9 Å². The van der Waals surface area contributed by atoms with Crippen LogP contribution in [0.1, 0.15) is 5.56 Å². The monoisotopic (exact) mass is 322 g/mol. The lowest BCUT2D eigenvalue weighted by Crippen LogP contribution is -2.02. The SMILES string of the molecule is CNc1ncc(C)c(Nc2ccc(OC)c(Br)c2)n1. The second kappa shape index (κ2) is 5.88. The van der Waals surface area contributed by atoms with Crippen LogP contribution in [0.3, 0.4) is 0 Å². The number of methoxy groups -OCH3 is 1. The predicted molar refractivity (Wildman–Crippen MR) is 80.3 cm³/mol. The molecule has 2 aromatic rings. The highest BCUT2D eigenvalue weighted by atomic mass is 79.9. The molecule has 0 saturated heterocycles. The van der Waals surface area contributed by atoms with E-state index in [1.54, 1.807) is 20.4 Å². The first-order valence-corrected chi connectivity index (χ1v) is 6.55. The quantitative estimate of drug-likeness (QED) is 0.904.